The topological polar surface area (TPSA) is 12.5 Å². The summed E-state index contributed by atoms with van der Waals surface area (Å²) in [5.41, 5.74) is 0.629. The minimum atomic E-state index is -0.227. The van der Waals surface area contributed by atoms with Crippen molar-refractivity contribution < 1.29 is 9.13 Å². The number of ether oxygens (including phenoxy) is 1. The number of nitrogens with zero attached hydrogens (tertiary/aromatic N) is 1. The summed E-state index contributed by atoms with van der Waals surface area (Å²) in [5, 5.41) is 0. The highest BCUT2D eigenvalue weighted by molar-refractivity contribution is 5.61. The second-order valence-corrected chi connectivity index (χ2v) is 5.20. The first kappa shape index (κ1) is 11.2. The van der Waals surface area contributed by atoms with Crippen LogP contribution in [0.2, 0.25) is 0 Å². The van der Waals surface area contributed by atoms with Gasteiger partial charge in [-0.3, -0.25) is 0 Å². The molecule has 0 spiro atoms. The highest BCUT2D eigenvalue weighted by Gasteiger charge is 2.32. The van der Waals surface area contributed by atoms with Crippen LogP contribution in [0, 0.1) is 5.82 Å². The Morgan fingerprint density at radius 1 is 1.38 bits per heavy atom. The van der Waals surface area contributed by atoms with Crippen molar-refractivity contribution in [2.45, 2.75) is 39.3 Å². The first-order chi connectivity index (χ1) is 7.39. The Hall–Kier alpha value is -1.25. The summed E-state index contributed by atoms with van der Waals surface area (Å²) < 4.78 is 19.1. The van der Waals surface area contributed by atoms with Crippen molar-refractivity contribution in [2.75, 3.05) is 11.4 Å². The molecule has 0 saturated heterocycles. The molecule has 0 saturated carbocycles. The first-order valence-electron chi connectivity index (χ1n) is 5.64. The molecule has 0 N–H and O–H groups in total. The van der Waals surface area contributed by atoms with Gasteiger partial charge in [0, 0.05) is 12.1 Å². The van der Waals surface area contributed by atoms with Crippen molar-refractivity contribution in [3.63, 3.8) is 0 Å². The fourth-order valence-electron chi connectivity index (χ4n) is 2.09. The van der Waals surface area contributed by atoms with E-state index in [1.807, 2.05) is 0 Å². The molecule has 0 atom stereocenters. The molecule has 1 aromatic carbocycles. The maximum absolute atomic E-state index is 13.2. The second-order valence-electron chi connectivity index (χ2n) is 5.20. The lowest BCUT2D eigenvalue weighted by Crippen LogP contribution is -2.49. The predicted molar refractivity (Wildman–Crippen MR) is 63.6 cm³/mol. The lowest BCUT2D eigenvalue weighted by Gasteiger charge is -2.43. The number of rotatable bonds is 1. The fraction of sp³-hybridized carbons (Fsp3) is 0.538. The molecule has 0 aliphatic carbocycles. The lowest BCUT2D eigenvalue weighted by molar-refractivity contribution is 0.102. The zero-order valence-electron chi connectivity index (χ0n) is 10.2. The molecule has 88 valence electrons. The van der Waals surface area contributed by atoms with E-state index in [0.29, 0.717) is 6.04 Å². The Labute approximate surface area is 96.0 Å². The zero-order valence-corrected chi connectivity index (χ0v) is 10.2. The largest absolute Gasteiger partial charge is 0.484 e. The predicted octanol–water partition coefficient (Wildman–Crippen LogP) is 3.21. The van der Waals surface area contributed by atoms with E-state index in [0.717, 1.165) is 18.0 Å². The van der Waals surface area contributed by atoms with Crippen LogP contribution >= 0.6 is 0 Å². The van der Waals surface area contributed by atoms with E-state index < -0.39 is 0 Å². The van der Waals surface area contributed by atoms with E-state index in [9.17, 15) is 4.39 Å². The molecular weight excluding hydrogens is 205 g/mol. The van der Waals surface area contributed by atoms with Gasteiger partial charge < -0.3 is 9.64 Å². The van der Waals surface area contributed by atoms with Gasteiger partial charge in [0.15, 0.2) is 0 Å². The van der Waals surface area contributed by atoms with Gasteiger partial charge in [0.25, 0.3) is 0 Å². The van der Waals surface area contributed by atoms with E-state index in [2.05, 4.69) is 32.6 Å². The van der Waals surface area contributed by atoms with Gasteiger partial charge in [0.05, 0.1) is 12.2 Å². The zero-order chi connectivity index (χ0) is 11.9. The number of halogens is 1. The van der Waals surface area contributed by atoms with E-state index >= 15 is 0 Å². The molecule has 2 rings (SSSR count). The molecule has 0 radical (unpaired) electrons. The van der Waals surface area contributed by atoms with Crippen LogP contribution in [0.15, 0.2) is 18.2 Å². The number of hydrogen-bond acceptors (Lipinski definition) is 2. The number of benzene rings is 1. The summed E-state index contributed by atoms with van der Waals surface area (Å²) in [6.07, 6.45) is 0. The van der Waals surface area contributed by atoms with E-state index in [1.165, 1.54) is 6.07 Å². The van der Waals surface area contributed by atoms with Gasteiger partial charge in [-0.05, 0) is 39.8 Å². The number of anilines is 1. The number of hydrogen-bond donors (Lipinski definition) is 0. The van der Waals surface area contributed by atoms with Crippen molar-refractivity contribution in [1.82, 2.24) is 0 Å². The third-order valence-electron chi connectivity index (χ3n) is 2.79. The lowest BCUT2D eigenvalue weighted by atomic mass is 10.0. The van der Waals surface area contributed by atoms with Crippen molar-refractivity contribution in [3.05, 3.63) is 24.0 Å². The van der Waals surface area contributed by atoms with Crippen LogP contribution in [0.1, 0.15) is 27.7 Å². The van der Waals surface area contributed by atoms with Gasteiger partial charge in [-0.2, -0.15) is 0 Å². The van der Waals surface area contributed by atoms with E-state index in [4.69, 9.17) is 4.74 Å². The maximum Gasteiger partial charge on any atom is 0.143 e. The summed E-state index contributed by atoms with van der Waals surface area (Å²) in [4.78, 5) is 2.18. The van der Waals surface area contributed by atoms with Gasteiger partial charge in [0.1, 0.15) is 17.2 Å². The minimum absolute atomic E-state index is 0.215. The van der Waals surface area contributed by atoms with Gasteiger partial charge in [-0.15, -0.1) is 0 Å². The van der Waals surface area contributed by atoms with Crippen molar-refractivity contribution in [1.29, 1.82) is 0 Å². The second kappa shape index (κ2) is 3.65. The summed E-state index contributed by atoms with van der Waals surface area (Å²) in [6.45, 7) is 9.09. The molecule has 1 aliphatic heterocycles. The molecule has 0 amide bonds. The van der Waals surface area contributed by atoms with Gasteiger partial charge in [-0.25, -0.2) is 4.39 Å². The van der Waals surface area contributed by atoms with Gasteiger partial charge in [-0.1, -0.05) is 0 Å². The highest BCUT2D eigenvalue weighted by atomic mass is 19.1. The van der Waals surface area contributed by atoms with Crippen LogP contribution in [-0.4, -0.2) is 18.2 Å². The average molecular weight is 223 g/mol. The Kier molecular flexibility index (Phi) is 2.56. The molecule has 0 bridgehead atoms. The number of fused-ring (bicyclic) bond motifs is 1. The molecular formula is C13H18FNO. The SMILES string of the molecule is CC(C)N1CC(C)(C)Oc2ccc(F)cc21. The van der Waals surface area contributed by atoms with E-state index in [1.54, 1.807) is 12.1 Å². The van der Waals surface area contributed by atoms with E-state index in [-0.39, 0.29) is 11.4 Å². The molecule has 0 aromatic heterocycles. The molecule has 1 aromatic rings. The average Bonchev–Trinajstić information content (AvgIpc) is 2.16. The third-order valence-corrected chi connectivity index (χ3v) is 2.79. The summed E-state index contributed by atoms with van der Waals surface area (Å²) in [6, 6.07) is 5.04. The van der Waals surface area contributed by atoms with Crippen LogP contribution in [0.3, 0.4) is 0 Å². The summed E-state index contributed by atoms with van der Waals surface area (Å²) in [7, 11) is 0. The monoisotopic (exact) mass is 223 g/mol. The molecule has 0 unspecified atom stereocenters. The standard InChI is InChI=1S/C13H18FNO/c1-9(2)15-8-13(3,4)16-12-6-5-10(14)7-11(12)15/h5-7,9H,8H2,1-4H3. The minimum Gasteiger partial charge on any atom is -0.484 e. The molecule has 1 aliphatic rings. The Bertz CT molecular complexity index is 401. The van der Waals surface area contributed by atoms with Crippen molar-refractivity contribution in [2.24, 2.45) is 0 Å². The third kappa shape index (κ3) is 1.99. The molecule has 1 heterocycles. The fourth-order valence-corrected chi connectivity index (χ4v) is 2.09. The van der Waals surface area contributed by atoms with Gasteiger partial charge >= 0.3 is 0 Å². The maximum atomic E-state index is 13.2. The van der Waals surface area contributed by atoms with Crippen molar-refractivity contribution >= 4 is 5.69 Å². The van der Waals surface area contributed by atoms with Crippen LogP contribution in [0.25, 0.3) is 0 Å². The molecule has 0 fully saturated rings. The molecule has 3 heteroatoms. The van der Waals surface area contributed by atoms with Crippen molar-refractivity contribution in [3.8, 4) is 5.75 Å². The highest BCUT2D eigenvalue weighted by Crippen LogP contribution is 2.38. The van der Waals surface area contributed by atoms with Crippen LogP contribution in [0.5, 0.6) is 5.75 Å². The normalized spacial score (nSPS) is 18.2. The Morgan fingerprint density at radius 2 is 2.06 bits per heavy atom. The smallest absolute Gasteiger partial charge is 0.143 e. The Balaban J connectivity index is 2.47. The molecule has 16 heavy (non-hydrogen) atoms. The summed E-state index contributed by atoms with van der Waals surface area (Å²) >= 11 is 0. The van der Waals surface area contributed by atoms with Crippen LogP contribution in [0.4, 0.5) is 10.1 Å². The van der Waals surface area contributed by atoms with Gasteiger partial charge in [0.2, 0.25) is 0 Å². The first-order valence-corrected chi connectivity index (χ1v) is 5.64. The Morgan fingerprint density at radius 3 is 2.69 bits per heavy atom. The summed E-state index contributed by atoms with van der Waals surface area (Å²) in [5.74, 6) is 0.555. The quantitative estimate of drug-likeness (QED) is 0.725. The molecule has 2 nitrogen and oxygen atoms in total. The van der Waals surface area contributed by atoms with Crippen LogP contribution in [-0.2, 0) is 0 Å². The van der Waals surface area contributed by atoms with Crippen LogP contribution < -0.4 is 9.64 Å².